The molecule has 0 spiro atoms. The lowest BCUT2D eigenvalue weighted by atomic mass is 9.91. The van der Waals surface area contributed by atoms with Gasteiger partial charge in [-0.1, -0.05) is 164 Å². The van der Waals surface area contributed by atoms with E-state index in [2.05, 4.69) is 217 Å². The summed E-state index contributed by atoms with van der Waals surface area (Å²) < 4.78 is 6.11. The van der Waals surface area contributed by atoms with E-state index in [9.17, 15) is 0 Å². The summed E-state index contributed by atoms with van der Waals surface area (Å²) in [5, 5.41) is 2.27. The first-order chi connectivity index (χ1) is 27.7. The Morgan fingerprint density at radius 3 is 1.21 bits per heavy atom. The highest BCUT2D eigenvalue weighted by molar-refractivity contribution is 6.06. The van der Waals surface area contributed by atoms with E-state index in [1.807, 2.05) is 12.1 Å². The molecule has 0 aliphatic rings. The van der Waals surface area contributed by atoms with Crippen LogP contribution in [-0.2, 0) is 0 Å². The van der Waals surface area contributed by atoms with Crippen molar-refractivity contribution in [3.8, 4) is 55.6 Å². The van der Waals surface area contributed by atoms with Gasteiger partial charge in [-0.2, -0.15) is 0 Å². The normalized spacial score (nSPS) is 11.2. The van der Waals surface area contributed by atoms with E-state index in [1.54, 1.807) is 0 Å². The van der Waals surface area contributed by atoms with Crippen LogP contribution >= 0.6 is 0 Å². The van der Waals surface area contributed by atoms with Crippen LogP contribution in [0.1, 0.15) is 0 Å². The molecule has 2 nitrogen and oxygen atoms in total. The van der Waals surface area contributed by atoms with E-state index >= 15 is 0 Å². The summed E-state index contributed by atoms with van der Waals surface area (Å²) in [4.78, 5) is 2.34. The molecule has 0 N–H and O–H groups in total. The van der Waals surface area contributed by atoms with Crippen LogP contribution in [0.4, 0.5) is 17.1 Å². The third kappa shape index (κ3) is 6.34. The standard InChI is InChI=1S/C54H37NO/c1-4-12-38(13-5-1)39-20-28-46(29-21-39)55(48-32-24-41(25-33-48)45-27-35-54-52(37-45)50-18-10-11-19-53(50)56-54)47-30-22-40(23-31-47)44-26-34-49(42-14-6-2-7-15-42)51(36-44)43-16-8-3-9-17-43/h1-37H. The fraction of sp³-hybridized carbons (Fsp3) is 0. The van der Waals surface area contributed by atoms with E-state index < -0.39 is 0 Å². The third-order valence-corrected chi connectivity index (χ3v) is 10.7. The molecule has 0 unspecified atom stereocenters. The van der Waals surface area contributed by atoms with E-state index in [-0.39, 0.29) is 0 Å². The molecule has 0 radical (unpaired) electrons. The van der Waals surface area contributed by atoms with Crippen LogP contribution in [0, 0.1) is 0 Å². The lowest BCUT2D eigenvalue weighted by molar-refractivity contribution is 0.669. The Morgan fingerprint density at radius 1 is 0.250 bits per heavy atom. The van der Waals surface area contributed by atoms with Crippen molar-refractivity contribution in [1.29, 1.82) is 0 Å². The van der Waals surface area contributed by atoms with E-state index in [0.29, 0.717) is 0 Å². The minimum atomic E-state index is 0.906. The van der Waals surface area contributed by atoms with E-state index in [1.165, 1.54) is 44.5 Å². The molecule has 10 rings (SSSR count). The molecule has 0 bridgehead atoms. The molecule has 1 aromatic heterocycles. The Balaban J connectivity index is 1.02. The van der Waals surface area contributed by atoms with Crippen molar-refractivity contribution in [2.24, 2.45) is 0 Å². The molecule has 0 atom stereocenters. The molecular formula is C54H37NO. The molecule has 0 saturated carbocycles. The van der Waals surface area contributed by atoms with Gasteiger partial charge in [-0.25, -0.2) is 0 Å². The molecule has 1 heterocycles. The number of benzene rings is 9. The lowest BCUT2D eigenvalue weighted by Crippen LogP contribution is -2.09. The average Bonchev–Trinajstić information content (AvgIpc) is 3.66. The lowest BCUT2D eigenvalue weighted by Gasteiger charge is -2.26. The first-order valence-corrected chi connectivity index (χ1v) is 19.1. The fourth-order valence-electron chi connectivity index (χ4n) is 7.84. The number of anilines is 3. The summed E-state index contributed by atoms with van der Waals surface area (Å²) in [5.74, 6) is 0. The van der Waals surface area contributed by atoms with Crippen molar-refractivity contribution >= 4 is 39.0 Å². The Kier molecular flexibility index (Phi) is 8.55. The molecule has 0 saturated heterocycles. The van der Waals surface area contributed by atoms with E-state index in [4.69, 9.17) is 4.42 Å². The maximum Gasteiger partial charge on any atom is 0.135 e. The van der Waals surface area contributed by atoms with Gasteiger partial charge in [0, 0.05) is 27.8 Å². The smallest absolute Gasteiger partial charge is 0.135 e. The molecular weight excluding hydrogens is 679 g/mol. The Labute approximate surface area is 327 Å². The Morgan fingerprint density at radius 2 is 0.643 bits per heavy atom. The van der Waals surface area contributed by atoms with Crippen LogP contribution in [0.3, 0.4) is 0 Å². The summed E-state index contributed by atoms with van der Waals surface area (Å²) in [7, 11) is 0. The van der Waals surface area contributed by atoms with Gasteiger partial charge in [0.25, 0.3) is 0 Å². The second-order valence-electron chi connectivity index (χ2n) is 14.1. The van der Waals surface area contributed by atoms with Gasteiger partial charge in [0.05, 0.1) is 0 Å². The van der Waals surface area contributed by atoms with Gasteiger partial charge in [0.15, 0.2) is 0 Å². The molecule has 264 valence electrons. The SMILES string of the molecule is c1ccc(-c2ccc(N(c3ccc(-c4ccc(-c5ccccc5)c(-c5ccccc5)c4)cc3)c3ccc(-c4ccc5oc6ccccc6c5c4)cc3)cc2)cc1. The van der Waals surface area contributed by atoms with Crippen LogP contribution in [-0.4, -0.2) is 0 Å². The van der Waals surface area contributed by atoms with Crippen molar-refractivity contribution in [3.05, 3.63) is 224 Å². The van der Waals surface area contributed by atoms with Crippen molar-refractivity contribution in [3.63, 3.8) is 0 Å². The topological polar surface area (TPSA) is 16.4 Å². The first kappa shape index (κ1) is 33.2. The van der Waals surface area contributed by atoms with Gasteiger partial charge in [-0.05, 0) is 116 Å². The quantitative estimate of drug-likeness (QED) is 0.156. The van der Waals surface area contributed by atoms with Gasteiger partial charge in [-0.3, -0.25) is 0 Å². The number of para-hydroxylation sites is 1. The number of hydrogen-bond acceptors (Lipinski definition) is 2. The molecule has 0 aliphatic heterocycles. The summed E-state index contributed by atoms with van der Waals surface area (Å²) in [5.41, 5.74) is 17.0. The second-order valence-corrected chi connectivity index (χ2v) is 14.1. The maximum absolute atomic E-state index is 6.11. The Hall–Kier alpha value is -7.42. The van der Waals surface area contributed by atoms with Crippen LogP contribution in [0.15, 0.2) is 229 Å². The number of fused-ring (bicyclic) bond motifs is 3. The summed E-state index contributed by atoms with van der Waals surface area (Å²) in [6.07, 6.45) is 0. The maximum atomic E-state index is 6.11. The van der Waals surface area contributed by atoms with Crippen molar-refractivity contribution in [2.75, 3.05) is 4.90 Å². The van der Waals surface area contributed by atoms with Crippen LogP contribution in [0.2, 0.25) is 0 Å². The molecule has 9 aromatic carbocycles. The molecule has 0 aliphatic carbocycles. The predicted molar refractivity (Wildman–Crippen MR) is 236 cm³/mol. The van der Waals surface area contributed by atoms with Gasteiger partial charge in [0.2, 0.25) is 0 Å². The minimum absolute atomic E-state index is 0.906. The average molecular weight is 716 g/mol. The van der Waals surface area contributed by atoms with Gasteiger partial charge in [0.1, 0.15) is 11.2 Å². The zero-order valence-corrected chi connectivity index (χ0v) is 30.7. The van der Waals surface area contributed by atoms with Crippen LogP contribution in [0.25, 0.3) is 77.6 Å². The number of hydrogen-bond donors (Lipinski definition) is 0. The van der Waals surface area contributed by atoms with Crippen molar-refractivity contribution in [1.82, 2.24) is 0 Å². The third-order valence-electron chi connectivity index (χ3n) is 10.7. The first-order valence-electron chi connectivity index (χ1n) is 19.1. The van der Waals surface area contributed by atoms with Gasteiger partial charge in [-0.15, -0.1) is 0 Å². The van der Waals surface area contributed by atoms with Crippen LogP contribution in [0.5, 0.6) is 0 Å². The summed E-state index contributed by atoms with van der Waals surface area (Å²) >= 11 is 0. The van der Waals surface area contributed by atoms with Crippen molar-refractivity contribution < 1.29 is 4.42 Å². The monoisotopic (exact) mass is 715 g/mol. The van der Waals surface area contributed by atoms with Crippen LogP contribution < -0.4 is 4.90 Å². The highest BCUT2D eigenvalue weighted by Crippen LogP contribution is 2.40. The zero-order valence-electron chi connectivity index (χ0n) is 30.7. The molecule has 0 amide bonds. The van der Waals surface area contributed by atoms with Gasteiger partial charge < -0.3 is 9.32 Å². The molecule has 56 heavy (non-hydrogen) atoms. The highest BCUT2D eigenvalue weighted by atomic mass is 16.3. The molecule has 2 heteroatoms. The highest BCUT2D eigenvalue weighted by Gasteiger charge is 2.16. The summed E-state index contributed by atoms with van der Waals surface area (Å²) in [6, 6.07) is 80.1. The fourth-order valence-corrected chi connectivity index (χ4v) is 7.84. The van der Waals surface area contributed by atoms with Crippen molar-refractivity contribution in [2.45, 2.75) is 0 Å². The molecule has 10 aromatic rings. The second kappa shape index (κ2) is 14.4. The largest absolute Gasteiger partial charge is 0.456 e. The van der Waals surface area contributed by atoms with Gasteiger partial charge >= 0.3 is 0 Å². The minimum Gasteiger partial charge on any atom is -0.456 e. The number of rotatable bonds is 8. The number of furan rings is 1. The summed E-state index contributed by atoms with van der Waals surface area (Å²) in [6.45, 7) is 0. The predicted octanol–water partition coefficient (Wildman–Crippen LogP) is 15.4. The molecule has 0 fully saturated rings. The van der Waals surface area contributed by atoms with E-state index in [0.717, 1.165) is 50.1 Å². The number of nitrogens with zero attached hydrogens (tertiary/aromatic N) is 1. The Bertz CT molecular complexity index is 2910. The zero-order chi connectivity index (χ0) is 37.3.